The van der Waals surface area contributed by atoms with Gasteiger partial charge in [0, 0.05) is 6.04 Å². The quantitative estimate of drug-likeness (QED) is 0.771. The number of halogens is 1. The molecule has 5 heteroatoms. The first-order chi connectivity index (χ1) is 10.1. The van der Waals surface area contributed by atoms with E-state index < -0.39 is 0 Å². The molecule has 0 fully saturated rings. The molecule has 3 aromatic rings. The molecule has 2 nitrogen and oxygen atoms in total. The van der Waals surface area contributed by atoms with Crippen molar-refractivity contribution in [2.45, 2.75) is 28.6 Å². The molecular weight excluding hydrogens is 303 g/mol. The smallest absolute Gasteiger partial charge is 0.156 e. The summed E-state index contributed by atoms with van der Waals surface area (Å²) in [4.78, 5) is 5.19. The first-order valence-electron chi connectivity index (χ1n) is 6.70. The van der Waals surface area contributed by atoms with E-state index in [1.54, 1.807) is 17.4 Å². The molecule has 0 amide bonds. The maximum atomic E-state index is 14.2. The fraction of sp³-hybridized carbons (Fsp3) is 0.188. The number of hydrogen-bond donors (Lipinski definition) is 1. The van der Waals surface area contributed by atoms with Crippen LogP contribution in [-0.2, 0) is 6.42 Å². The highest BCUT2D eigenvalue weighted by Gasteiger charge is 2.14. The highest BCUT2D eigenvalue weighted by molar-refractivity contribution is 8.01. The van der Waals surface area contributed by atoms with Crippen LogP contribution in [0, 0.1) is 5.82 Å². The molecule has 0 aliphatic rings. The third kappa shape index (κ3) is 3.26. The van der Waals surface area contributed by atoms with E-state index in [0.29, 0.717) is 11.3 Å². The maximum absolute atomic E-state index is 14.2. The van der Waals surface area contributed by atoms with Gasteiger partial charge in [0.25, 0.3) is 0 Å². The Labute approximate surface area is 131 Å². The van der Waals surface area contributed by atoms with Gasteiger partial charge in [-0.25, -0.2) is 9.37 Å². The third-order valence-corrected chi connectivity index (χ3v) is 5.31. The molecule has 1 atom stereocenters. The number of aromatic nitrogens is 1. The largest absolute Gasteiger partial charge is 0.328 e. The van der Waals surface area contributed by atoms with Gasteiger partial charge in [0.1, 0.15) is 5.82 Å². The van der Waals surface area contributed by atoms with Crippen molar-refractivity contribution < 1.29 is 4.39 Å². The Morgan fingerprint density at radius 3 is 2.81 bits per heavy atom. The van der Waals surface area contributed by atoms with Crippen LogP contribution >= 0.6 is 23.1 Å². The van der Waals surface area contributed by atoms with Gasteiger partial charge in [-0.1, -0.05) is 36.0 Å². The molecule has 2 aromatic carbocycles. The van der Waals surface area contributed by atoms with Crippen LogP contribution < -0.4 is 5.73 Å². The van der Waals surface area contributed by atoms with E-state index in [-0.39, 0.29) is 11.9 Å². The molecule has 108 valence electrons. The lowest BCUT2D eigenvalue weighted by molar-refractivity contribution is 0.592. The average Bonchev–Trinajstić information content (AvgIpc) is 2.84. The molecule has 0 radical (unpaired) electrons. The van der Waals surface area contributed by atoms with Crippen molar-refractivity contribution in [3.8, 4) is 0 Å². The minimum atomic E-state index is -0.211. The van der Waals surface area contributed by atoms with Crippen LogP contribution in [0.4, 0.5) is 4.39 Å². The molecule has 0 spiro atoms. The second-order valence-corrected chi connectivity index (χ2v) is 7.25. The molecule has 0 bridgehead atoms. The summed E-state index contributed by atoms with van der Waals surface area (Å²) in [6.07, 6.45) is 0.658. The molecule has 0 aliphatic heterocycles. The first-order valence-corrected chi connectivity index (χ1v) is 8.33. The van der Waals surface area contributed by atoms with Gasteiger partial charge in [-0.3, -0.25) is 0 Å². The summed E-state index contributed by atoms with van der Waals surface area (Å²) >= 11 is 2.97. The molecule has 1 heterocycles. The molecule has 0 saturated carbocycles. The number of benzene rings is 2. The lowest BCUT2D eigenvalue weighted by Crippen LogP contribution is -2.18. The van der Waals surface area contributed by atoms with Gasteiger partial charge in [0.05, 0.1) is 15.1 Å². The topological polar surface area (TPSA) is 38.9 Å². The Bertz CT molecular complexity index is 735. The monoisotopic (exact) mass is 318 g/mol. The predicted octanol–water partition coefficient (Wildman–Crippen LogP) is 4.48. The van der Waals surface area contributed by atoms with Gasteiger partial charge in [-0.05, 0) is 37.1 Å². The van der Waals surface area contributed by atoms with E-state index in [2.05, 4.69) is 4.98 Å². The zero-order valence-electron chi connectivity index (χ0n) is 11.5. The summed E-state index contributed by atoms with van der Waals surface area (Å²) in [6.45, 7) is 1.93. The number of hydrogen-bond acceptors (Lipinski definition) is 4. The zero-order valence-corrected chi connectivity index (χ0v) is 13.2. The van der Waals surface area contributed by atoms with Crippen molar-refractivity contribution in [1.82, 2.24) is 4.98 Å². The summed E-state index contributed by atoms with van der Waals surface area (Å²) in [6, 6.07) is 13.1. The fourth-order valence-electron chi connectivity index (χ4n) is 2.16. The van der Waals surface area contributed by atoms with Gasteiger partial charge in [0.2, 0.25) is 0 Å². The maximum Gasteiger partial charge on any atom is 0.156 e. The van der Waals surface area contributed by atoms with Crippen molar-refractivity contribution in [2.75, 3.05) is 0 Å². The minimum Gasteiger partial charge on any atom is -0.328 e. The van der Waals surface area contributed by atoms with Crippen molar-refractivity contribution >= 4 is 33.3 Å². The van der Waals surface area contributed by atoms with Gasteiger partial charge in [0.15, 0.2) is 4.34 Å². The van der Waals surface area contributed by atoms with E-state index >= 15 is 0 Å². The second kappa shape index (κ2) is 6.13. The van der Waals surface area contributed by atoms with Crippen LogP contribution in [0.3, 0.4) is 0 Å². The SMILES string of the molecule is CC(N)Cc1cccc(F)c1Sc1nc2ccccc2s1. The Morgan fingerprint density at radius 1 is 1.24 bits per heavy atom. The van der Waals surface area contributed by atoms with Crippen LogP contribution in [0.2, 0.25) is 0 Å². The molecule has 21 heavy (non-hydrogen) atoms. The van der Waals surface area contributed by atoms with Gasteiger partial charge < -0.3 is 5.73 Å². The summed E-state index contributed by atoms with van der Waals surface area (Å²) in [5, 5.41) is 0. The van der Waals surface area contributed by atoms with E-state index in [4.69, 9.17) is 5.73 Å². The number of thiazole rings is 1. The highest BCUT2D eigenvalue weighted by Crippen LogP contribution is 2.37. The first kappa shape index (κ1) is 14.5. The van der Waals surface area contributed by atoms with E-state index in [9.17, 15) is 4.39 Å². The summed E-state index contributed by atoms with van der Waals surface area (Å²) in [7, 11) is 0. The highest BCUT2D eigenvalue weighted by atomic mass is 32.2. The standard InChI is InChI=1S/C16H15FN2S2/c1-10(18)9-11-5-4-6-12(17)15(11)21-16-19-13-7-2-3-8-14(13)20-16/h2-8,10H,9,18H2,1H3. The Morgan fingerprint density at radius 2 is 2.05 bits per heavy atom. The third-order valence-electron chi connectivity index (χ3n) is 3.05. The lowest BCUT2D eigenvalue weighted by atomic mass is 10.1. The fourth-order valence-corrected chi connectivity index (χ4v) is 4.31. The normalized spacial score (nSPS) is 12.7. The Balaban J connectivity index is 1.96. The second-order valence-electron chi connectivity index (χ2n) is 4.96. The van der Waals surface area contributed by atoms with Gasteiger partial charge >= 0.3 is 0 Å². The predicted molar refractivity (Wildman–Crippen MR) is 87.5 cm³/mol. The van der Waals surface area contributed by atoms with Crippen LogP contribution in [-0.4, -0.2) is 11.0 Å². The van der Waals surface area contributed by atoms with Crippen molar-refractivity contribution in [3.63, 3.8) is 0 Å². The number of nitrogens with two attached hydrogens (primary N) is 1. The summed E-state index contributed by atoms with van der Waals surface area (Å²) in [5.74, 6) is -0.211. The summed E-state index contributed by atoms with van der Waals surface area (Å²) in [5.41, 5.74) is 7.75. The van der Waals surface area contributed by atoms with E-state index in [1.807, 2.05) is 37.3 Å². The van der Waals surface area contributed by atoms with Crippen LogP contribution in [0.1, 0.15) is 12.5 Å². The molecular formula is C16H15FN2S2. The number of para-hydroxylation sites is 1. The van der Waals surface area contributed by atoms with Crippen LogP contribution in [0.25, 0.3) is 10.2 Å². The summed E-state index contributed by atoms with van der Waals surface area (Å²) < 4.78 is 16.1. The Hall–Kier alpha value is -1.43. The lowest BCUT2D eigenvalue weighted by Gasteiger charge is -2.10. The molecule has 3 rings (SSSR count). The van der Waals surface area contributed by atoms with Gasteiger partial charge in [-0.2, -0.15) is 0 Å². The van der Waals surface area contributed by atoms with Crippen LogP contribution in [0.5, 0.6) is 0 Å². The van der Waals surface area contributed by atoms with Crippen molar-refractivity contribution in [1.29, 1.82) is 0 Å². The molecule has 0 saturated heterocycles. The van der Waals surface area contributed by atoms with E-state index in [1.165, 1.54) is 17.8 Å². The van der Waals surface area contributed by atoms with Crippen LogP contribution in [0.15, 0.2) is 51.7 Å². The molecule has 1 aromatic heterocycles. The molecule has 2 N–H and O–H groups in total. The number of nitrogens with zero attached hydrogens (tertiary/aromatic N) is 1. The number of fused-ring (bicyclic) bond motifs is 1. The molecule has 0 aliphatic carbocycles. The Kier molecular flexibility index (Phi) is 4.24. The van der Waals surface area contributed by atoms with Crippen molar-refractivity contribution in [2.24, 2.45) is 5.73 Å². The van der Waals surface area contributed by atoms with E-state index in [0.717, 1.165) is 20.1 Å². The zero-order chi connectivity index (χ0) is 14.8. The minimum absolute atomic E-state index is 0.00140. The number of rotatable bonds is 4. The van der Waals surface area contributed by atoms with Crippen molar-refractivity contribution in [3.05, 3.63) is 53.8 Å². The average molecular weight is 318 g/mol. The molecule has 1 unspecified atom stereocenters. The van der Waals surface area contributed by atoms with Gasteiger partial charge in [-0.15, -0.1) is 11.3 Å².